The third-order valence-corrected chi connectivity index (χ3v) is 2.52. The quantitative estimate of drug-likeness (QED) is 0.744. The van der Waals surface area contributed by atoms with Crippen LogP contribution in [0.15, 0.2) is 41.2 Å². The number of pyridine rings is 1. The van der Waals surface area contributed by atoms with Gasteiger partial charge in [-0.05, 0) is 19.1 Å². The lowest BCUT2D eigenvalue weighted by atomic mass is 10.3. The van der Waals surface area contributed by atoms with Crippen LogP contribution in [0.4, 0.5) is 5.95 Å². The van der Waals surface area contributed by atoms with Crippen LogP contribution in [0.2, 0.25) is 0 Å². The van der Waals surface area contributed by atoms with E-state index in [2.05, 4.69) is 15.5 Å². The summed E-state index contributed by atoms with van der Waals surface area (Å²) >= 11 is 0. The molecule has 0 aromatic carbocycles. The molecule has 0 radical (unpaired) electrons. The first kappa shape index (κ1) is 10.5. The van der Waals surface area contributed by atoms with Gasteiger partial charge in [0.2, 0.25) is 5.95 Å². The number of aryl methyl sites for hydroxylation is 1. The summed E-state index contributed by atoms with van der Waals surface area (Å²) in [6, 6.07) is 7.25. The van der Waals surface area contributed by atoms with Crippen molar-refractivity contribution in [2.24, 2.45) is 0 Å². The number of nitrogens with zero attached hydrogens (tertiary/aromatic N) is 3. The minimum atomic E-state index is -0.344. The second-order valence-corrected chi connectivity index (χ2v) is 3.85. The number of nitrogens with one attached hydrogen (secondary N) is 1. The molecule has 0 aliphatic rings. The van der Waals surface area contributed by atoms with Crippen LogP contribution in [0.3, 0.4) is 0 Å². The molecule has 0 aliphatic heterocycles. The molecule has 3 heterocycles. The average Bonchev–Trinajstić information content (AvgIpc) is 2.97. The topological polar surface area (TPSA) is 72.4 Å². The Morgan fingerprint density at radius 3 is 3.11 bits per heavy atom. The normalized spacial score (nSPS) is 10.7. The zero-order valence-electron chi connectivity index (χ0n) is 9.62. The minimum absolute atomic E-state index is 0.236. The first-order valence-electron chi connectivity index (χ1n) is 5.41. The van der Waals surface area contributed by atoms with Crippen molar-refractivity contribution in [3.05, 3.63) is 48.1 Å². The Balaban J connectivity index is 1.90. The summed E-state index contributed by atoms with van der Waals surface area (Å²) in [4.78, 5) is 16.0. The molecule has 6 heteroatoms. The Bertz CT molecular complexity index is 714. The van der Waals surface area contributed by atoms with Gasteiger partial charge in [0, 0.05) is 12.3 Å². The third-order valence-electron chi connectivity index (χ3n) is 2.52. The number of carbonyl (C=O) groups is 1. The van der Waals surface area contributed by atoms with Gasteiger partial charge in [0.05, 0.1) is 11.7 Å². The molecule has 0 atom stereocenters. The summed E-state index contributed by atoms with van der Waals surface area (Å²) in [6.45, 7) is 1.73. The lowest BCUT2D eigenvalue weighted by Gasteiger charge is -2.01. The maximum absolute atomic E-state index is 11.9. The van der Waals surface area contributed by atoms with Crippen LogP contribution in [0.5, 0.6) is 0 Å². The van der Waals surface area contributed by atoms with Crippen LogP contribution in [-0.4, -0.2) is 20.4 Å². The Hall–Kier alpha value is -2.63. The van der Waals surface area contributed by atoms with Crippen molar-refractivity contribution in [3.63, 3.8) is 0 Å². The van der Waals surface area contributed by atoms with Crippen LogP contribution in [0.25, 0.3) is 5.52 Å². The van der Waals surface area contributed by atoms with Crippen LogP contribution in [-0.2, 0) is 0 Å². The molecule has 3 aromatic rings. The van der Waals surface area contributed by atoms with Crippen molar-refractivity contribution in [2.45, 2.75) is 6.92 Å². The zero-order valence-corrected chi connectivity index (χ0v) is 9.62. The fourth-order valence-electron chi connectivity index (χ4n) is 1.68. The van der Waals surface area contributed by atoms with E-state index < -0.39 is 0 Å². The second-order valence-electron chi connectivity index (χ2n) is 3.85. The molecule has 0 unspecified atom stereocenters. The molecule has 0 spiro atoms. The number of aromatic nitrogens is 3. The van der Waals surface area contributed by atoms with E-state index in [0.29, 0.717) is 11.7 Å². The van der Waals surface area contributed by atoms with E-state index >= 15 is 0 Å². The molecule has 0 saturated heterocycles. The van der Waals surface area contributed by atoms with Crippen molar-refractivity contribution in [1.82, 2.24) is 14.5 Å². The Kier molecular flexibility index (Phi) is 2.33. The summed E-state index contributed by atoms with van der Waals surface area (Å²) in [5.74, 6) is 0.701. The van der Waals surface area contributed by atoms with Gasteiger partial charge in [0.15, 0.2) is 5.69 Å². The summed E-state index contributed by atoms with van der Waals surface area (Å²) in [5, 5.41) is 6.34. The van der Waals surface area contributed by atoms with Crippen LogP contribution in [0.1, 0.15) is 16.2 Å². The average molecular weight is 242 g/mol. The van der Waals surface area contributed by atoms with E-state index in [4.69, 9.17) is 4.52 Å². The summed E-state index contributed by atoms with van der Waals surface area (Å²) < 4.78 is 6.64. The standard InChI is InChI=1S/C12H10N4O2/c1-8-6-10(15-18-8)11(17)14-12-13-7-9-4-2-3-5-16(9)12/h2-7H,1H3,(H,13,14,17). The van der Waals surface area contributed by atoms with Crippen molar-refractivity contribution in [2.75, 3.05) is 5.32 Å². The van der Waals surface area contributed by atoms with Gasteiger partial charge in [-0.25, -0.2) is 4.98 Å². The highest BCUT2D eigenvalue weighted by molar-refractivity contribution is 6.02. The van der Waals surface area contributed by atoms with Gasteiger partial charge in [-0.15, -0.1) is 0 Å². The highest BCUT2D eigenvalue weighted by Gasteiger charge is 2.13. The molecule has 18 heavy (non-hydrogen) atoms. The van der Waals surface area contributed by atoms with Gasteiger partial charge in [-0.2, -0.15) is 0 Å². The zero-order chi connectivity index (χ0) is 12.5. The predicted octanol–water partition coefficient (Wildman–Crippen LogP) is 1.88. The fourth-order valence-corrected chi connectivity index (χ4v) is 1.68. The number of carbonyl (C=O) groups excluding carboxylic acids is 1. The SMILES string of the molecule is Cc1cc(C(=O)Nc2ncc3ccccn23)no1. The van der Waals surface area contributed by atoms with Gasteiger partial charge < -0.3 is 4.52 Å². The molecule has 3 aromatic heterocycles. The number of fused-ring (bicyclic) bond motifs is 1. The highest BCUT2D eigenvalue weighted by atomic mass is 16.5. The molecular weight excluding hydrogens is 232 g/mol. The molecule has 6 nitrogen and oxygen atoms in total. The minimum Gasteiger partial charge on any atom is -0.361 e. The van der Waals surface area contributed by atoms with Crippen LogP contribution in [0, 0.1) is 6.92 Å². The number of imidazole rings is 1. The maximum Gasteiger partial charge on any atom is 0.280 e. The van der Waals surface area contributed by atoms with E-state index in [9.17, 15) is 4.79 Å². The molecule has 1 amide bonds. The van der Waals surface area contributed by atoms with E-state index in [0.717, 1.165) is 5.52 Å². The van der Waals surface area contributed by atoms with Gasteiger partial charge in [0.25, 0.3) is 5.91 Å². The smallest absolute Gasteiger partial charge is 0.280 e. The van der Waals surface area contributed by atoms with Gasteiger partial charge in [0.1, 0.15) is 5.76 Å². The lowest BCUT2D eigenvalue weighted by Crippen LogP contribution is -2.14. The van der Waals surface area contributed by atoms with Gasteiger partial charge in [-0.1, -0.05) is 11.2 Å². The van der Waals surface area contributed by atoms with E-state index in [1.165, 1.54) is 0 Å². The highest BCUT2D eigenvalue weighted by Crippen LogP contribution is 2.12. The molecule has 0 saturated carbocycles. The lowest BCUT2D eigenvalue weighted by molar-refractivity contribution is 0.101. The van der Waals surface area contributed by atoms with E-state index in [1.807, 2.05) is 24.4 Å². The first-order valence-corrected chi connectivity index (χ1v) is 5.41. The van der Waals surface area contributed by atoms with E-state index in [-0.39, 0.29) is 11.6 Å². The van der Waals surface area contributed by atoms with Gasteiger partial charge >= 0.3 is 0 Å². The van der Waals surface area contributed by atoms with Crippen LogP contribution >= 0.6 is 0 Å². The molecule has 3 rings (SSSR count). The molecule has 0 bridgehead atoms. The molecule has 0 aliphatic carbocycles. The number of rotatable bonds is 2. The summed E-state index contributed by atoms with van der Waals surface area (Å²) in [5.41, 5.74) is 1.14. The Labute approximate surface area is 102 Å². The molecular formula is C12H10N4O2. The molecule has 0 fully saturated rings. The Morgan fingerprint density at radius 2 is 2.33 bits per heavy atom. The second kappa shape index (κ2) is 3.99. The largest absolute Gasteiger partial charge is 0.361 e. The monoisotopic (exact) mass is 242 g/mol. The van der Waals surface area contributed by atoms with Crippen molar-refractivity contribution >= 4 is 17.4 Å². The van der Waals surface area contributed by atoms with Crippen molar-refractivity contribution < 1.29 is 9.32 Å². The molecule has 90 valence electrons. The number of hydrogen-bond donors (Lipinski definition) is 1. The van der Waals surface area contributed by atoms with Gasteiger partial charge in [-0.3, -0.25) is 14.5 Å². The van der Waals surface area contributed by atoms with Crippen molar-refractivity contribution in [3.8, 4) is 0 Å². The number of hydrogen-bond acceptors (Lipinski definition) is 4. The van der Waals surface area contributed by atoms with Crippen molar-refractivity contribution in [1.29, 1.82) is 0 Å². The Morgan fingerprint density at radius 1 is 1.44 bits per heavy atom. The summed E-state index contributed by atoms with van der Waals surface area (Å²) in [6.07, 6.45) is 3.51. The first-order chi connectivity index (χ1) is 8.74. The molecule has 1 N–H and O–H groups in total. The number of anilines is 1. The summed E-state index contributed by atoms with van der Waals surface area (Å²) in [7, 11) is 0. The third kappa shape index (κ3) is 1.73. The fraction of sp³-hybridized carbons (Fsp3) is 0.0833. The number of amides is 1. The maximum atomic E-state index is 11.9. The van der Waals surface area contributed by atoms with E-state index in [1.54, 1.807) is 23.6 Å². The predicted molar refractivity (Wildman–Crippen MR) is 64.4 cm³/mol. The van der Waals surface area contributed by atoms with Crippen LogP contribution < -0.4 is 5.32 Å².